The van der Waals surface area contributed by atoms with Crippen LogP contribution in [0.15, 0.2) is 6.07 Å². The zero-order chi connectivity index (χ0) is 10.8. The van der Waals surface area contributed by atoms with E-state index in [4.69, 9.17) is 23.2 Å². The Morgan fingerprint density at radius 2 is 2.07 bits per heavy atom. The van der Waals surface area contributed by atoms with Crippen LogP contribution in [-0.4, -0.2) is 23.2 Å². The van der Waals surface area contributed by atoms with E-state index >= 15 is 0 Å². The largest absolute Gasteiger partial charge is 0.151 e. The van der Waals surface area contributed by atoms with Crippen molar-refractivity contribution < 1.29 is 0 Å². The van der Waals surface area contributed by atoms with Crippen molar-refractivity contribution in [3.63, 3.8) is 0 Å². The highest BCUT2D eigenvalue weighted by Gasteiger charge is 2.29. The van der Waals surface area contributed by atoms with Crippen LogP contribution in [0.25, 0.3) is 0 Å². The highest BCUT2D eigenvalue weighted by Crippen LogP contribution is 2.17. The fourth-order valence-corrected chi connectivity index (χ4v) is 5.99. The van der Waals surface area contributed by atoms with E-state index in [2.05, 4.69) is 39.6 Å². The molecule has 0 aliphatic heterocycles. The summed E-state index contributed by atoms with van der Waals surface area (Å²) in [6.45, 7) is 4.42. The molecule has 2 nitrogen and oxygen atoms in total. The van der Waals surface area contributed by atoms with Crippen LogP contribution in [-0.2, 0) is 0 Å². The number of aromatic nitrogens is 2. The zero-order valence-corrected chi connectivity index (χ0v) is 12.1. The van der Waals surface area contributed by atoms with Gasteiger partial charge in [-0.05, 0) is 11.3 Å². The van der Waals surface area contributed by atoms with Crippen LogP contribution in [0.1, 0.15) is 6.92 Å². The molecule has 0 saturated carbocycles. The highest BCUT2D eigenvalue weighted by atomic mass is 79.9. The van der Waals surface area contributed by atoms with Gasteiger partial charge in [-0.2, -0.15) is 0 Å². The molecule has 0 radical (unpaired) electrons. The molecule has 1 heterocycles. The van der Waals surface area contributed by atoms with Crippen LogP contribution >= 0.6 is 39.1 Å². The van der Waals surface area contributed by atoms with Crippen molar-refractivity contribution in [1.82, 2.24) is 10.2 Å². The Labute approximate surface area is 103 Å². The minimum absolute atomic E-state index is 0.414. The van der Waals surface area contributed by atoms with Gasteiger partial charge in [-0.25, -0.2) is 0 Å². The van der Waals surface area contributed by atoms with E-state index < -0.39 is 8.07 Å². The molecular formula is C8H11BrCl2N2Si. The molecule has 0 spiro atoms. The maximum Gasteiger partial charge on any atom is 0.151 e. The van der Waals surface area contributed by atoms with Crippen LogP contribution in [0.3, 0.4) is 0 Å². The van der Waals surface area contributed by atoms with Crippen LogP contribution in [0.5, 0.6) is 0 Å². The van der Waals surface area contributed by atoms with Gasteiger partial charge in [0.1, 0.15) is 0 Å². The second-order valence-electron chi connectivity index (χ2n) is 3.42. The summed E-state index contributed by atoms with van der Waals surface area (Å²) in [5, 5.41) is 9.54. The summed E-state index contributed by atoms with van der Waals surface area (Å²) in [4.78, 5) is 0.957. The first-order chi connectivity index (χ1) is 6.53. The monoisotopic (exact) mass is 312 g/mol. The van der Waals surface area contributed by atoms with Gasteiger partial charge in [-0.15, -0.1) is 10.2 Å². The van der Waals surface area contributed by atoms with Gasteiger partial charge in [0.25, 0.3) is 0 Å². The predicted octanol–water partition coefficient (Wildman–Crippen LogP) is 3.02. The molecule has 6 heteroatoms. The second kappa shape index (κ2) is 4.92. The van der Waals surface area contributed by atoms with Crippen molar-refractivity contribution >= 4 is 52.4 Å². The van der Waals surface area contributed by atoms with Crippen LogP contribution in [0, 0.1) is 0 Å². The summed E-state index contributed by atoms with van der Waals surface area (Å²) < 4.78 is 0. The lowest BCUT2D eigenvalue weighted by molar-refractivity contribution is 1.04. The molecule has 1 aromatic rings. The molecule has 1 aromatic heterocycles. The molecule has 0 fully saturated rings. The van der Waals surface area contributed by atoms with Crippen LogP contribution in [0.4, 0.5) is 0 Å². The first-order valence-electron chi connectivity index (χ1n) is 4.28. The number of nitrogens with zero attached hydrogens (tertiary/aromatic N) is 2. The van der Waals surface area contributed by atoms with Gasteiger partial charge in [-0.1, -0.05) is 58.6 Å². The molecule has 1 atom stereocenters. The second-order valence-corrected chi connectivity index (χ2v) is 10.5. The number of halogens is 3. The lowest BCUT2D eigenvalue weighted by Gasteiger charge is -2.23. The van der Waals surface area contributed by atoms with E-state index in [1.165, 1.54) is 0 Å². The molecule has 0 aromatic carbocycles. The molecule has 0 aliphatic rings. The third kappa shape index (κ3) is 2.48. The topological polar surface area (TPSA) is 25.8 Å². The molecule has 1 rings (SSSR count). The zero-order valence-electron chi connectivity index (χ0n) is 8.02. The Morgan fingerprint density at radius 1 is 1.43 bits per heavy atom. The molecule has 0 aliphatic carbocycles. The van der Waals surface area contributed by atoms with E-state index in [1.807, 2.05) is 6.07 Å². The van der Waals surface area contributed by atoms with Crippen LogP contribution in [0.2, 0.25) is 22.9 Å². The van der Waals surface area contributed by atoms with Gasteiger partial charge in [0.2, 0.25) is 0 Å². The third-order valence-corrected chi connectivity index (χ3v) is 10.6. The Bertz CT molecular complexity index is 331. The SMILES string of the molecule is CC[Si](C)(CBr)c1cc(Cl)nnc1Cl. The van der Waals surface area contributed by atoms with Gasteiger partial charge < -0.3 is 0 Å². The van der Waals surface area contributed by atoms with Gasteiger partial charge in [0.05, 0.1) is 8.07 Å². The summed E-state index contributed by atoms with van der Waals surface area (Å²) in [6.07, 6.45) is 0. The predicted molar refractivity (Wildman–Crippen MR) is 67.6 cm³/mol. The minimum atomic E-state index is -1.55. The smallest absolute Gasteiger partial charge is 0.137 e. The number of rotatable bonds is 3. The normalized spacial score (nSPS) is 15.2. The minimum Gasteiger partial charge on any atom is -0.137 e. The highest BCUT2D eigenvalue weighted by molar-refractivity contribution is 9.09. The first-order valence-corrected chi connectivity index (χ1v) is 9.08. The Morgan fingerprint density at radius 3 is 2.57 bits per heavy atom. The maximum atomic E-state index is 6.02. The Hall–Kier alpha value is 0.357. The van der Waals surface area contributed by atoms with E-state index in [0.717, 1.165) is 16.2 Å². The Balaban J connectivity index is 3.22. The lowest BCUT2D eigenvalue weighted by atomic mass is 10.6. The van der Waals surface area contributed by atoms with Crippen molar-refractivity contribution in [2.45, 2.75) is 19.5 Å². The van der Waals surface area contributed by atoms with Gasteiger partial charge in [0, 0.05) is 4.95 Å². The maximum absolute atomic E-state index is 6.02. The average molecular weight is 314 g/mol. The molecule has 0 N–H and O–H groups in total. The van der Waals surface area contributed by atoms with Crippen molar-refractivity contribution in [3.8, 4) is 0 Å². The van der Waals surface area contributed by atoms with E-state index in [1.54, 1.807) is 0 Å². The fraction of sp³-hybridized carbons (Fsp3) is 0.500. The average Bonchev–Trinajstić information content (AvgIpc) is 2.20. The molecule has 78 valence electrons. The third-order valence-electron chi connectivity index (χ3n) is 2.44. The number of alkyl halides is 1. The van der Waals surface area contributed by atoms with Crippen molar-refractivity contribution in [2.75, 3.05) is 4.95 Å². The van der Waals surface area contributed by atoms with Crippen molar-refractivity contribution in [1.29, 1.82) is 0 Å². The molecule has 1 unspecified atom stereocenters. The Kier molecular flexibility index (Phi) is 4.37. The number of hydrogen-bond acceptors (Lipinski definition) is 2. The molecule has 14 heavy (non-hydrogen) atoms. The van der Waals surface area contributed by atoms with E-state index in [0.29, 0.717) is 10.3 Å². The fourth-order valence-electron chi connectivity index (χ4n) is 1.13. The molecule has 0 amide bonds. The molecule has 0 saturated heterocycles. The summed E-state index contributed by atoms with van der Waals surface area (Å²) in [7, 11) is -1.55. The summed E-state index contributed by atoms with van der Waals surface area (Å²) in [5.74, 6) is 0. The number of hydrogen-bond donors (Lipinski definition) is 0. The van der Waals surface area contributed by atoms with E-state index in [9.17, 15) is 0 Å². The summed E-state index contributed by atoms with van der Waals surface area (Å²) in [6, 6.07) is 2.94. The van der Waals surface area contributed by atoms with Gasteiger partial charge in [0.15, 0.2) is 10.3 Å². The van der Waals surface area contributed by atoms with E-state index in [-0.39, 0.29) is 0 Å². The van der Waals surface area contributed by atoms with Crippen LogP contribution < -0.4 is 5.19 Å². The standard InChI is InChI=1S/C8H11BrCl2N2Si/c1-3-14(2,5-9)6-4-7(10)12-13-8(6)11/h4H,3,5H2,1-2H3. The first kappa shape index (κ1) is 12.4. The summed E-state index contributed by atoms with van der Waals surface area (Å²) in [5.41, 5.74) is 0. The van der Waals surface area contributed by atoms with Gasteiger partial charge in [-0.3, -0.25) is 0 Å². The quantitative estimate of drug-likeness (QED) is 0.633. The van der Waals surface area contributed by atoms with Crippen molar-refractivity contribution in [3.05, 3.63) is 16.4 Å². The lowest BCUT2D eigenvalue weighted by Crippen LogP contribution is -2.47. The van der Waals surface area contributed by atoms with Gasteiger partial charge >= 0.3 is 0 Å². The molecular weight excluding hydrogens is 303 g/mol. The summed E-state index contributed by atoms with van der Waals surface area (Å²) >= 11 is 15.4. The molecule has 0 bridgehead atoms. The van der Waals surface area contributed by atoms with Crippen molar-refractivity contribution in [2.24, 2.45) is 0 Å².